The van der Waals surface area contributed by atoms with Crippen LogP contribution in [0.5, 0.6) is 0 Å². The molecule has 0 saturated carbocycles. The Morgan fingerprint density at radius 1 is 1.40 bits per heavy atom. The summed E-state index contributed by atoms with van der Waals surface area (Å²) in [7, 11) is 0. The highest BCUT2D eigenvalue weighted by Gasteiger charge is 1.99. The molecule has 0 unspecified atom stereocenters. The van der Waals surface area contributed by atoms with Gasteiger partial charge in [0.05, 0.1) is 5.69 Å². The summed E-state index contributed by atoms with van der Waals surface area (Å²) in [5.74, 6) is 6.05. The third-order valence-corrected chi connectivity index (χ3v) is 1.84. The van der Waals surface area contributed by atoms with Gasteiger partial charge in [-0.2, -0.15) is 0 Å². The van der Waals surface area contributed by atoms with E-state index in [-0.39, 0.29) is 5.91 Å². The van der Waals surface area contributed by atoms with E-state index in [1.807, 2.05) is 24.3 Å². The summed E-state index contributed by atoms with van der Waals surface area (Å²) in [4.78, 5) is 10.9. The molecule has 0 bridgehead atoms. The van der Waals surface area contributed by atoms with Crippen molar-refractivity contribution in [2.75, 3.05) is 5.32 Å². The maximum Gasteiger partial charge on any atom is 0.221 e. The van der Waals surface area contributed by atoms with Gasteiger partial charge in [0.2, 0.25) is 5.91 Å². The highest BCUT2D eigenvalue weighted by molar-refractivity contribution is 5.90. The zero-order valence-electron chi connectivity index (χ0n) is 9.13. The average Bonchev–Trinajstić information content (AvgIpc) is 2.20. The maximum absolute atomic E-state index is 10.9. The Labute approximate surface area is 90.7 Å². The van der Waals surface area contributed by atoms with Crippen LogP contribution in [0.1, 0.15) is 32.3 Å². The lowest BCUT2D eigenvalue weighted by atomic mass is 10.1. The second kappa shape index (κ2) is 5.87. The normalized spacial score (nSPS) is 8.93. The topological polar surface area (TPSA) is 29.1 Å². The van der Waals surface area contributed by atoms with Gasteiger partial charge in [0.15, 0.2) is 0 Å². The largest absolute Gasteiger partial charge is 0.325 e. The molecule has 2 heteroatoms. The lowest BCUT2D eigenvalue weighted by Crippen LogP contribution is -2.06. The van der Waals surface area contributed by atoms with Crippen LogP contribution in [-0.4, -0.2) is 5.91 Å². The van der Waals surface area contributed by atoms with Crippen molar-refractivity contribution in [3.63, 3.8) is 0 Å². The molecule has 0 fully saturated rings. The molecular formula is C13H15NO. The highest BCUT2D eigenvalue weighted by atomic mass is 16.1. The van der Waals surface area contributed by atoms with Crippen LogP contribution in [0.3, 0.4) is 0 Å². The molecular weight excluding hydrogens is 186 g/mol. The molecule has 1 N–H and O–H groups in total. The fraction of sp³-hybridized carbons (Fsp3) is 0.308. The van der Waals surface area contributed by atoms with Gasteiger partial charge in [-0.25, -0.2) is 0 Å². The van der Waals surface area contributed by atoms with Crippen molar-refractivity contribution in [3.05, 3.63) is 29.8 Å². The molecule has 1 amide bonds. The van der Waals surface area contributed by atoms with Crippen molar-refractivity contribution in [2.45, 2.75) is 26.7 Å². The monoisotopic (exact) mass is 201 g/mol. The number of benzene rings is 1. The molecule has 1 aromatic carbocycles. The first kappa shape index (κ1) is 11.3. The van der Waals surface area contributed by atoms with Crippen LogP contribution in [0.15, 0.2) is 24.3 Å². The van der Waals surface area contributed by atoms with Gasteiger partial charge >= 0.3 is 0 Å². The van der Waals surface area contributed by atoms with E-state index in [4.69, 9.17) is 0 Å². The van der Waals surface area contributed by atoms with Gasteiger partial charge in [-0.3, -0.25) is 4.79 Å². The van der Waals surface area contributed by atoms with Gasteiger partial charge in [-0.1, -0.05) is 30.9 Å². The lowest BCUT2D eigenvalue weighted by Gasteiger charge is -2.03. The van der Waals surface area contributed by atoms with E-state index < -0.39 is 0 Å². The molecule has 0 heterocycles. The Kier molecular flexibility index (Phi) is 4.43. The van der Waals surface area contributed by atoms with E-state index in [0.717, 1.165) is 24.1 Å². The van der Waals surface area contributed by atoms with Crippen LogP contribution >= 0.6 is 0 Å². The molecule has 0 atom stereocenters. The Morgan fingerprint density at radius 3 is 2.80 bits per heavy atom. The lowest BCUT2D eigenvalue weighted by molar-refractivity contribution is -0.114. The predicted octanol–water partition coefficient (Wildman–Crippen LogP) is 2.80. The second-order valence-electron chi connectivity index (χ2n) is 3.28. The SMILES string of the molecule is CCCC#Cc1ccccc1NC(C)=O. The van der Waals surface area contributed by atoms with Crippen molar-refractivity contribution in [3.8, 4) is 11.8 Å². The first-order valence-corrected chi connectivity index (χ1v) is 5.09. The van der Waals surface area contributed by atoms with Crippen LogP contribution in [0.2, 0.25) is 0 Å². The molecule has 0 spiro atoms. The molecule has 2 nitrogen and oxygen atoms in total. The van der Waals surface area contributed by atoms with Crippen molar-refractivity contribution in [2.24, 2.45) is 0 Å². The van der Waals surface area contributed by atoms with Gasteiger partial charge in [0.25, 0.3) is 0 Å². The summed E-state index contributed by atoms with van der Waals surface area (Å²) in [5.41, 5.74) is 1.66. The van der Waals surface area contributed by atoms with Crippen LogP contribution in [0.25, 0.3) is 0 Å². The Bertz CT molecular complexity index is 398. The van der Waals surface area contributed by atoms with Crippen molar-refractivity contribution >= 4 is 11.6 Å². The number of para-hydroxylation sites is 1. The number of amides is 1. The minimum Gasteiger partial charge on any atom is -0.325 e. The van der Waals surface area contributed by atoms with E-state index >= 15 is 0 Å². The second-order valence-corrected chi connectivity index (χ2v) is 3.28. The Morgan fingerprint density at radius 2 is 2.13 bits per heavy atom. The molecule has 78 valence electrons. The molecule has 1 aromatic rings. The van der Waals surface area contributed by atoms with Gasteiger partial charge in [-0.05, 0) is 18.6 Å². The standard InChI is InChI=1S/C13H15NO/c1-3-4-5-8-12-9-6-7-10-13(12)14-11(2)15/h6-7,9-10H,3-4H2,1-2H3,(H,14,15). The third-order valence-electron chi connectivity index (χ3n) is 1.84. The van der Waals surface area contributed by atoms with Crippen molar-refractivity contribution in [1.29, 1.82) is 0 Å². The minimum absolute atomic E-state index is 0.0697. The molecule has 0 saturated heterocycles. The highest BCUT2D eigenvalue weighted by Crippen LogP contribution is 2.13. The summed E-state index contributed by atoms with van der Waals surface area (Å²) < 4.78 is 0. The van der Waals surface area contributed by atoms with Crippen molar-refractivity contribution in [1.82, 2.24) is 0 Å². The van der Waals surface area contributed by atoms with Crippen LogP contribution < -0.4 is 5.32 Å². The number of hydrogen-bond acceptors (Lipinski definition) is 1. The summed E-state index contributed by atoms with van der Waals surface area (Å²) >= 11 is 0. The van der Waals surface area contributed by atoms with Gasteiger partial charge in [0, 0.05) is 18.9 Å². The number of rotatable bonds is 2. The maximum atomic E-state index is 10.9. The first-order valence-electron chi connectivity index (χ1n) is 5.09. The molecule has 0 aliphatic carbocycles. The Balaban J connectivity index is 2.87. The zero-order valence-corrected chi connectivity index (χ0v) is 9.13. The van der Waals surface area contributed by atoms with E-state index in [1.54, 1.807) is 0 Å². The molecule has 0 aromatic heterocycles. The third kappa shape index (κ3) is 3.86. The molecule has 15 heavy (non-hydrogen) atoms. The van der Waals surface area contributed by atoms with Crippen LogP contribution in [0.4, 0.5) is 5.69 Å². The first-order chi connectivity index (χ1) is 7.24. The van der Waals surface area contributed by atoms with Crippen molar-refractivity contribution < 1.29 is 4.79 Å². The number of carbonyl (C=O) groups excluding carboxylic acids is 1. The summed E-state index contributed by atoms with van der Waals surface area (Å²) in [6.07, 6.45) is 1.93. The molecule has 0 radical (unpaired) electrons. The fourth-order valence-electron chi connectivity index (χ4n) is 1.17. The minimum atomic E-state index is -0.0697. The fourth-order valence-corrected chi connectivity index (χ4v) is 1.17. The van der Waals surface area contributed by atoms with Gasteiger partial charge in [-0.15, -0.1) is 0 Å². The van der Waals surface area contributed by atoms with Gasteiger partial charge in [0.1, 0.15) is 0 Å². The smallest absolute Gasteiger partial charge is 0.221 e. The van der Waals surface area contributed by atoms with E-state index in [1.165, 1.54) is 6.92 Å². The summed E-state index contributed by atoms with van der Waals surface area (Å²) in [6.45, 7) is 3.59. The quantitative estimate of drug-likeness (QED) is 0.732. The predicted molar refractivity (Wildman–Crippen MR) is 62.5 cm³/mol. The van der Waals surface area contributed by atoms with E-state index in [2.05, 4.69) is 24.1 Å². The van der Waals surface area contributed by atoms with Gasteiger partial charge < -0.3 is 5.32 Å². The molecule has 0 aliphatic rings. The molecule has 1 rings (SSSR count). The van der Waals surface area contributed by atoms with Crippen LogP contribution in [0, 0.1) is 11.8 Å². The number of unbranched alkanes of at least 4 members (excludes halogenated alkanes) is 1. The van der Waals surface area contributed by atoms with Crippen LogP contribution in [-0.2, 0) is 4.79 Å². The number of nitrogens with one attached hydrogen (secondary N) is 1. The molecule has 0 aliphatic heterocycles. The number of carbonyl (C=O) groups is 1. The number of hydrogen-bond donors (Lipinski definition) is 1. The summed E-state index contributed by atoms with van der Waals surface area (Å²) in [5, 5.41) is 2.76. The average molecular weight is 201 g/mol. The zero-order chi connectivity index (χ0) is 11.1. The van der Waals surface area contributed by atoms with E-state index in [0.29, 0.717) is 0 Å². The van der Waals surface area contributed by atoms with E-state index in [9.17, 15) is 4.79 Å². The Hall–Kier alpha value is -1.75. The number of anilines is 1. The summed E-state index contributed by atoms with van der Waals surface area (Å²) in [6, 6.07) is 7.57.